The Morgan fingerprint density at radius 2 is 2.14 bits per heavy atom. The first-order valence-electron chi connectivity index (χ1n) is 8.43. The molecule has 0 saturated carbocycles. The van der Waals surface area contributed by atoms with Crippen molar-refractivity contribution in [3.8, 4) is 0 Å². The molecule has 2 atom stereocenters. The van der Waals surface area contributed by atoms with Crippen LogP contribution in [0.3, 0.4) is 0 Å². The predicted octanol–water partition coefficient (Wildman–Crippen LogP) is 3.05. The van der Waals surface area contributed by atoms with Crippen LogP contribution < -0.4 is 5.32 Å². The maximum atomic E-state index is 13.1. The van der Waals surface area contributed by atoms with Crippen molar-refractivity contribution in [3.63, 3.8) is 0 Å². The van der Waals surface area contributed by atoms with E-state index in [0.717, 1.165) is 38.8 Å². The molecule has 1 aromatic rings. The second kappa shape index (κ2) is 6.61. The lowest BCUT2D eigenvalue weighted by molar-refractivity contribution is -0.136. The third kappa shape index (κ3) is 2.98. The van der Waals surface area contributed by atoms with E-state index in [0.29, 0.717) is 6.04 Å². The van der Waals surface area contributed by atoms with Crippen molar-refractivity contribution >= 4 is 5.91 Å². The summed E-state index contributed by atoms with van der Waals surface area (Å²) < 4.78 is 0. The summed E-state index contributed by atoms with van der Waals surface area (Å²) in [5.74, 6) is 0.288. The van der Waals surface area contributed by atoms with E-state index >= 15 is 0 Å². The zero-order chi connectivity index (χ0) is 14.7. The molecule has 1 N–H and O–H groups in total. The topological polar surface area (TPSA) is 32.3 Å². The van der Waals surface area contributed by atoms with Crippen molar-refractivity contribution in [1.82, 2.24) is 10.2 Å². The monoisotopic (exact) mass is 286 g/mol. The van der Waals surface area contributed by atoms with Gasteiger partial charge < -0.3 is 10.2 Å². The van der Waals surface area contributed by atoms with Gasteiger partial charge in [-0.3, -0.25) is 4.79 Å². The lowest BCUT2D eigenvalue weighted by atomic mass is 9.93. The molecule has 21 heavy (non-hydrogen) atoms. The van der Waals surface area contributed by atoms with Crippen molar-refractivity contribution < 1.29 is 4.79 Å². The van der Waals surface area contributed by atoms with E-state index in [4.69, 9.17) is 0 Å². The fraction of sp³-hybridized carbons (Fsp3) is 0.611. The number of carbonyl (C=O) groups is 1. The third-order valence-corrected chi connectivity index (χ3v) is 4.99. The molecule has 0 aliphatic carbocycles. The summed E-state index contributed by atoms with van der Waals surface area (Å²) in [5, 5.41) is 3.45. The quantitative estimate of drug-likeness (QED) is 0.906. The van der Waals surface area contributed by atoms with E-state index in [-0.39, 0.29) is 11.9 Å². The third-order valence-electron chi connectivity index (χ3n) is 4.99. The van der Waals surface area contributed by atoms with Crippen molar-refractivity contribution in [2.75, 3.05) is 13.1 Å². The van der Waals surface area contributed by atoms with Crippen LogP contribution in [0.4, 0.5) is 0 Å². The van der Waals surface area contributed by atoms with Crippen molar-refractivity contribution in [1.29, 1.82) is 0 Å². The molecule has 2 heterocycles. The standard InChI is InChI=1S/C18H26N2O/c1-2-15-9-4-3-7-13-20(15)18(21)17-16-10-6-5-8-14(16)11-12-19-17/h5-6,8,10,15,17,19H,2-4,7,9,11-13H2,1H3. The molecule has 2 aliphatic heterocycles. The molecule has 1 aromatic carbocycles. The number of nitrogens with zero attached hydrogens (tertiary/aromatic N) is 1. The van der Waals surface area contributed by atoms with Gasteiger partial charge in [-0.25, -0.2) is 0 Å². The number of benzene rings is 1. The van der Waals surface area contributed by atoms with Crippen molar-refractivity contribution in [2.45, 2.75) is 57.5 Å². The highest BCUT2D eigenvalue weighted by molar-refractivity contribution is 5.84. The average Bonchev–Trinajstić information content (AvgIpc) is 2.79. The molecule has 1 amide bonds. The number of likely N-dealkylation sites (tertiary alicyclic amines) is 1. The maximum absolute atomic E-state index is 13.1. The van der Waals surface area contributed by atoms with Crippen LogP contribution in [0.1, 0.15) is 56.2 Å². The number of hydrogen-bond donors (Lipinski definition) is 1. The summed E-state index contributed by atoms with van der Waals surface area (Å²) in [7, 11) is 0. The van der Waals surface area contributed by atoms with E-state index in [1.807, 2.05) is 6.07 Å². The minimum atomic E-state index is -0.137. The number of amides is 1. The van der Waals surface area contributed by atoms with Gasteiger partial charge in [-0.05, 0) is 36.8 Å². The normalized spacial score (nSPS) is 26.0. The van der Waals surface area contributed by atoms with Crippen LogP contribution >= 0.6 is 0 Å². The highest BCUT2D eigenvalue weighted by Crippen LogP contribution is 2.28. The summed E-state index contributed by atoms with van der Waals surface area (Å²) in [6.45, 7) is 4.04. The Kier molecular flexibility index (Phi) is 4.59. The Morgan fingerprint density at radius 1 is 1.29 bits per heavy atom. The Balaban J connectivity index is 1.84. The van der Waals surface area contributed by atoms with E-state index in [1.54, 1.807) is 0 Å². The van der Waals surface area contributed by atoms with Crippen molar-refractivity contribution in [2.24, 2.45) is 0 Å². The van der Waals surface area contributed by atoms with E-state index < -0.39 is 0 Å². The van der Waals surface area contributed by atoms with Gasteiger partial charge in [0.2, 0.25) is 5.91 Å². The predicted molar refractivity (Wildman–Crippen MR) is 85.1 cm³/mol. The summed E-state index contributed by atoms with van der Waals surface area (Å²) in [5.41, 5.74) is 2.52. The zero-order valence-corrected chi connectivity index (χ0v) is 13.0. The van der Waals surface area contributed by atoms with Crippen LogP contribution in [-0.4, -0.2) is 29.9 Å². The fourth-order valence-corrected chi connectivity index (χ4v) is 3.78. The maximum Gasteiger partial charge on any atom is 0.244 e. The first-order chi connectivity index (χ1) is 10.3. The summed E-state index contributed by atoms with van der Waals surface area (Å²) in [6, 6.07) is 8.69. The van der Waals surface area contributed by atoms with E-state index in [2.05, 4.69) is 35.3 Å². The minimum Gasteiger partial charge on any atom is -0.338 e. The lowest BCUT2D eigenvalue weighted by Gasteiger charge is -2.35. The number of fused-ring (bicyclic) bond motifs is 1. The Bertz CT molecular complexity index is 500. The van der Waals surface area contributed by atoms with E-state index in [1.165, 1.54) is 24.0 Å². The molecule has 1 fully saturated rings. The largest absolute Gasteiger partial charge is 0.338 e. The highest BCUT2D eigenvalue weighted by Gasteiger charge is 2.32. The SMILES string of the molecule is CCC1CCCCCN1C(=O)C1NCCc2ccccc21. The van der Waals surface area contributed by atoms with Gasteiger partial charge in [0.25, 0.3) is 0 Å². The van der Waals surface area contributed by atoms with Gasteiger partial charge in [0.1, 0.15) is 6.04 Å². The summed E-state index contributed by atoms with van der Waals surface area (Å²) >= 11 is 0. The van der Waals surface area contributed by atoms with Gasteiger partial charge in [0.05, 0.1) is 0 Å². The minimum absolute atomic E-state index is 0.137. The van der Waals surface area contributed by atoms with Crippen LogP contribution in [0.2, 0.25) is 0 Å². The molecule has 0 spiro atoms. The molecule has 3 heteroatoms. The van der Waals surface area contributed by atoms with E-state index in [9.17, 15) is 4.79 Å². The van der Waals surface area contributed by atoms with Crippen molar-refractivity contribution in [3.05, 3.63) is 35.4 Å². The molecule has 0 aromatic heterocycles. The van der Waals surface area contributed by atoms with Gasteiger partial charge in [0.15, 0.2) is 0 Å². The molecule has 1 saturated heterocycles. The molecule has 3 rings (SSSR count). The van der Waals surface area contributed by atoms with Crippen LogP contribution in [0.15, 0.2) is 24.3 Å². The second-order valence-electron chi connectivity index (χ2n) is 6.28. The van der Waals surface area contributed by atoms with Gasteiger partial charge in [0, 0.05) is 19.1 Å². The van der Waals surface area contributed by atoms with Crippen LogP contribution in [0, 0.1) is 0 Å². The molecular formula is C18H26N2O. The fourth-order valence-electron chi connectivity index (χ4n) is 3.78. The highest BCUT2D eigenvalue weighted by atomic mass is 16.2. The Hall–Kier alpha value is -1.35. The van der Waals surface area contributed by atoms with Crippen LogP contribution in [-0.2, 0) is 11.2 Å². The van der Waals surface area contributed by atoms with Gasteiger partial charge >= 0.3 is 0 Å². The number of carbonyl (C=O) groups excluding carboxylic acids is 1. The second-order valence-corrected chi connectivity index (χ2v) is 6.28. The van der Waals surface area contributed by atoms with Gasteiger partial charge in [-0.1, -0.05) is 44.0 Å². The number of hydrogen-bond acceptors (Lipinski definition) is 2. The molecular weight excluding hydrogens is 260 g/mol. The molecule has 114 valence electrons. The number of rotatable bonds is 2. The first-order valence-corrected chi connectivity index (χ1v) is 8.43. The van der Waals surface area contributed by atoms with Gasteiger partial charge in [-0.15, -0.1) is 0 Å². The molecule has 0 bridgehead atoms. The Morgan fingerprint density at radius 3 is 3.00 bits per heavy atom. The zero-order valence-electron chi connectivity index (χ0n) is 13.0. The summed E-state index contributed by atoms with van der Waals surface area (Å²) in [6.07, 6.45) is 6.93. The van der Waals surface area contributed by atoms with Gasteiger partial charge in [-0.2, -0.15) is 0 Å². The molecule has 2 aliphatic rings. The molecule has 2 unspecified atom stereocenters. The van der Waals surface area contributed by atoms with Crippen LogP contribution in [0.25, 0.3) is 0 Å². The average molecular weight is 286 g/mol. The van der Waals surface area contributed by atoms with Crippen LogP contribution in [0.5, 0.6) is 0 Å². The number of nitrogens with one attached hydrogen (secondary N) is 1. The summed E-state index contributed by atoms with van der Waals surface area (Å²) in [4.78, 5) is 15.3. The first kappa shape index (κ1) is 14.6. The smallest absolute Gasteiger partial charge is 0.244 e. The Labute approximate surface area is 127 Å². The lowest BCUT2D eigenvalue weighted by Crippen LogP contribution is -2.47. The molecule has 3 nitrogen and oxygen atoms in total. The molecule has 0 radical (unpaired) electrons.